The average Bonchev–Trinajstić information content (AvgIpc) is 2.84. The van der Waals surface area contributed by atoms with Crippen LogP contribution in [-0.4, -0.2) is 51.2 Å². The van der Waals surface area contributed by atoms with E-state index in [-0.39, 0.29) is 12.2 Å². The second kappa shape index (κ2) is 11.8. The van der Waals surface area contributed by atoms with Crippen LogP contribution in [0.1, 0.15) is 32.6 Å². The van der Waals surface area contributed by atoms with Crippen LogP contribution in [0, 0.1) is 21.7 Å². The minimum atomic E-state index is -1.25. The Morgan fingerprint density at radius 2 is 2.06 bits per heavy atom. The van der Waals surface area contributed by atoms with Crippen molar-refractivity contribution in [2.24, 2.45) is 0 Å². The van der Waals surface area contributed by atoms with Crippen molar-refractivity contribution in [3.63, 3.8) is 0 Å². The molecule has 0 fully saturated rings. The maximum atomic E-state index is 14.5. The summed E-state index contributed by atoms with van der Waals surface area (Å²) in [5, 5.41) is 21.6. The van der Waals surface area contributed by atoms with E-state index in [2.05, 4.69) is 20.9 Å². The van der Waals surface area contributed by atoms with E-state index in [9.17, 15) is 28.8 Å². The molecule has 0 spiro atoms. The number of hydrogen-bond acceptors (Lipinski definition) is 7. The number of methoxy groups -OCH3 is 1. The Kier molecular flexibility index (Phi) is 9.09. The minimum Gasteiger partial charge on any atom is -0.479 e. The fourth-order valence-corrected chi connectivity index (χ4v) is 4.35. The molecule has 36 heavy (non-hydrogen) atoms. The average molecular weight is 571 g/mol. The molecule has 194 valence electrons. The number of halogens is 3. The van der Waals surface area contributed by atoms with Gasteiger partial charge in [-0.05, 0) is 31.1 Å². The third-order valence-corrected chi connectivity index (χ3v) is 6.28. The van der Waals surface area contributed by atoms with Gasteiger partial charge in [-0.15, -0.1) is 0 Å². The number of unbranched alkanes of at least 4 members (excludes halogenated alkanes) is 1. The van der Waals surface area contributed by atoms with Gasteiger partial charge in [0.05, 0.1) is 22.4 Å². The minimum absolute atomic E-state index is 0.00376. The lowest BCUT2D eigenvalue weighted by Gasteiger charge is -2.38. The van der Waals surface area contributed by atoms with E-state index in [0.29, 0.717) is 34.5 Å². The molecule has 1 aliphatic carbocycles. The van der Waals surface area contributed by atoms with Crippen LogP contribution in [0.2, 0.25) is 0 Å². The number of aliphatic carboxylic acids is 1. The lowest BCUT2D eigenvalue weighted by atomic mass is 9.85. The summed E-state index contributed by atoms with van der Waals surface area (Å²) in [6.45, 7) is 2.00. The second-order valence-corrected chi connectivity index (χ2v) is 8.93. The normalized spacial score (nSPS) is 19.5. The van der Waals surface area contributed by atoms with Crippen molar-refractivity contribution in [3.8, 4) is 11.5 Å². The Balaban J connectivity index is 2.14. The maximum absolute atomic E-state index is 14.5. The van der Waals surface area contributed by atoms with Gasteiger partial charge in [0.25, 0.3) is 5.69 Å². The fraction of sp³-hybridized carbons (Fsp3) is 0.417. The molecule has 3 unspecified atom stereocenters. The standard InChI is InChI=1S/C24H25BrF2N2O7/c1-3-4-7-24(34-2)13-18-15(12-21(24)35-20(5-8-25)23(30)31)19(6-9-28-18)36-22-16(26)10-14(29(32)33)11-17(22)27/h6,9-13,20-21H,3-5,7-8H2,1-2H3,(H,30,31). The first kappa shape index (κ1) is 27.6. The van der Waals surface area contributed by atoms with Crippen LogP contribution in [0.3, 0.4) is 0 Å². The quantitative estimate of drug-likeness (QED) is 0.232. The number of pyridine rings is 1. The molecule has 3 rings (SSSR count). The van der Waals surface area contributed by atoms with E-state index in [1.165, 1.54) is 19.4 Å². The number of nitro benzene ring substituents is 1. The number of nitrogens with zero attached hydrogens (tertiary/aromatic N) is 2. The number of fused-ring (bicyclic) bond motifs is 1. The summed E-state index contributed by atoms with van der Waals surface area (Å²) in [4.78, 5) is 26.1. The number of alkyl halides is 1. The molecule has 2 aromatic rings. The Morgan fingerprint density at radius 3 is 2.61 bits per heavy atom. The van der Waals surface area contributed by atoms with Crippen molar-refractivity contribution < 1.29 is 37.8 Å². The Morgan fingerprint density at radius 1 is 1.36 bits per heavy atom. The number of aromatic nitrogens is 1. The van der Waals surface area contributed by atoms with Crippen molar-refractivity contribution in [1.82, 2.24) is 4.98 Å². The fourth-order valence-electron chi connectivity index (χ4n) is 3.93. The van der Waals surface area contributed by atoms with Gasteiger partial charge in [0, 0.05) is 23.9 Å². The first-order valence-corrected chi connectivity index (χ1v) is 12.3. The number of carboxylic acids is 1. The monoisotopic (exact) mass is 570 g/mol. The maximum Gasteiger partial charge on any atom is 0.332 e. The lowest BCUT2D eigenvalue weighted by molar-refractivity contribution is -0.385. The smallest absolute Gasteiger partial charge is 0.332 e. The molecular weight excluding hydrogens is 546 g/mol. The summed E-state index contributed by atoms with van der Waals surface area (Å²) in [5.74, 6) is -4.47. The van der Waals surface area contributed by atoms with Crippen molar-refractivity contribution >= 4 is 39.7 Å². The molecule has 0 saturated carbocycles. The molecule has 0 saturated heterocycles. The van der Waals surface area contributed by atoms with Gasteiger partial charge in [-0.3, -0.25) is 15.1 Å². The van der Waals surface area contributed by atoms with Crippen LogP contribution in [-0.2, 0) is 14.3 Å². The van der Waals surface area contributed by atoms with Crippen LogP contribution in [0.15, 0.2) is 24.4 Å². The third kappa shape index (κ3) is 5.88. The zero-order chi connectivity index (χ0) is 26.5. The number of carboxylic acid groups (broad SMARTS) is 1. The summed E-state index contributed by atoms with van der Waals surface area (Å²) >= 11 is 3.24. The van der Waals surface area contributed by atoms with E-state index in [1.54, 1.807) is 12.2 Å². The Labute approximate surface area is 213 Å². The van der Waals surface area contributed by atoms with Crippen molar-refractivity contribution in [2.45, 2.75) is 50.4 Å². The van der Waals surface area contributed by atoms with Crippen molar-refractivity contribution in [1.29, 1.82) is 0 Å². The molecule has 1 aromatic heterocycles. The second-order valence-electron chi connectivity index (χ2n) is 8.14. The molecule has 0 radical (unpaired) electrons. The highest BCUT2D eigenvalue weighted by atomic mass is 79.9. The van der Waals surface area contributed by atoms with Crippen molar-refractivity contribution in [3.05, 3.63) is 56.7 Å². The highest BCUT2D eigenvalue weighted by Gasteiger charge is 2.41. The number of rotatable bonds is 12. The number of ether oxygens (including phenoxy) is 3. The predicted molar refractivity (Wildman–Crippen MR) is 129 cm³/mol. The first-order valence-electron chi connectivity index (χ1n) is 11.2. The summed E-state index contributed by atoms with van der Waals surface area (Å²) in [6.07, 6.45) is 4.90. The highest BCUT2D eigenvalue weighted by molar-refractivity contribution is 9.09. The largest absolute Gasteiger partial charge is 0.479 e. The van der Waals surface area contributed by atoms with Crippen LogP contribution in [0.4, 0.5) is 14.5 Å². The van der Waals surface area contributed by atoms with Gasteiger partial charge in [-0.25, -0.2) is 13.6 Å². The summed E-state index contributed by atoms with van der Waals surface area (Å²) in [5.41, 5.74) is -1.80. The molecule has 3 atom stereocenters. The molecule has 9 nitrogen and oxygen atoms in total. The topological polar surface area (TPSA) is 121 Å². The van der Waals surface area contributed by atoms with Gasteiger partial charge < -0.3 is 19.3 Å². The number of nitro groups is 1. The predicted octanol–water partition coefficient (Wildman–Crippen LogP) is 3.83. The third-order valence-electron chi connectivity index (χ3n) is 5.83. The van der Waals surface area contributed by atoms with Crippen LogP contribution in [0.5, 0.6) is 11.5 Å². The molecule has 0 bridgehead atoms. The van der Waals surface area contributed by atoms with Crippen LogP contribution >= 0.6 is 15.9 Å². The zero-order valence-electron chi connectivity index (χ0n) is 19.6. The first-order chi connectivity index (χ1) is 17.2. The van der Waals surface area contributed by atoms with Gasteiger partial charge >= 0.3 is 5.97 Å². The van der Waals surface area contributed by atoms with E-state index in [4.69, 9.17) is 14.2 Å². The van der Waals surface area contributed by atoms with Gasteiger partial charge in [0.15, 0.2) is 23.5 Å². The SMILES string of the molecule is CCCCC1(OC)C=c2nccc(Oc3c(F)cc([N+](=O)[O-])cc3F)c2=CC1OC(CCBr)C(=O)O. The highest BCUT2D eigenvalue weighted by Crippen LogP contribution is 2.33. The Bertz CT molecular complexity index is 1240. The summed E-state index contributed by atoms with van der Waals surface area (Å²) in [6, 6.07) is 2.50. The van der Waals surface area contributed by atoms with Crippen molar-refractivity contribution in [2.75, 3.05) is 12.4 Å². The van der Waals surface area contributed by atoms with Gasteiger partial charge in [0.1, 0.15) is 17.5 Å². The van der Waals surface area contributed by atoms with Crippen LogP contribution in [0.25, 0.3) is 12.2 Å². The molecule has 1 aliphatic rings. The molecule has 0 amide bonds. The van der Waals surface area contributed by atoms with E-state index in [0.717, 1.165) is 12.8 Å². The molecule has 0 aliphatic heterocycles. The number of benzene rings is 1. The molecule has 1 N–H and O–H groups in total. The summed E-state index contributed by atoms with van der Waals surface area (Å²) < 4.78 is 46.4. The number of carbonyl (C=O) groups is 1. The van der Waals surface area contributed by atoms with E-state index >= 15 is 0 Å². The zero-order valence-corrected chi connectivity index (χ0v) is 21.2. The van der Waals surface area contributed by atoms with E-state index in [1.807, 2.05) is 6.92 Å². The lowest BCUT2D eigenvalue weighted by Crippen LogP contribution is -2.52. The van der Waals surface area contributed by atoms with Gasteiger partial charge in [0.2, 0.25) is 0 Å². The molecule has 12 heteroatoms. The Hall–Kier alpha value is -2.96. The van der Waals surface area contributed by atoms with Gasteiger partial charge in [-0.2, -0.15) is 0 Å². The number of non-ortho nitro benzene ring substituents is 1. The van der Waals surface area contributed by atoms with Gasteiger partial charge in [-0.1, -0.05) is 35.7 Å². The molecule has 1 aromatic carbocycles. The molecule has 1 heterocycles. The number of hydrogen-bond donors (Lipinski definition) is 1. The van der Waals surface area contributed by atoms with Crippen LogP contribution < -0.4 is 15.3 Å². The van der Waals surface area contributed by atoms with E-state index < -0.39 is 51.8 Å². The molecular formula is C24H25BrF2N2O7. The summed E-state index contributed by atoms with van der Waals surface area (Å²) in [7, 11) is 1.49.